The molecule has 8 heteroatoms. The number of imide groups is 1. The summed E-state index contributed by atoms with van der Waals surface area (Å²) in [5.41, 5.74) is 1.03. The Morgan fingerprint density at radius 3 is 2.64 bits per heavy atom. The monoisotopic (exact) mass is 338 g/mol. The lowest BCUT2D eigenvalue weighted by molar-refractivity contribution is -0.127. The van der Waals surface area contributed by atoms with Gasteiger partial charge in [0.25, 0.3) is 5.91 Å². The maximum Gasteiger partial charge on any atom is 0.325 e. The van der Waals surface area contributed by atoms with E-state index < -0.39 is 18.2 Å². The Labute approximate surface area is 137 Å². The first-order valence-electron chi connectivity index (χ1n) is 6.72. The molecule has 6 nitrogen and oxygen atoms in total. The van der Waals surface area contributed by atoms with Crippen LogP contribution in [0.5, 0.6) is 0 Å². The van der Waals surface area contributed by atoms with E-state index >= 15 is 0 Å². The summed E-state index contributed by atoms with van der Waals surface area (Å²) >= 11 is 7.37. The second-order valence-electron chi connectivity index (χ2n) is 5.13. The molecule has 2 unspecified atom stereocenters. The third-order valence-electron chi connectivity index (χ3n) is 3.77. The summed E-state index contributed by atoms with van der Waals surface area (Å²) in [5.74, 6) is -0.310. The fourth-order valence-electron chi connectivity index (χ4n) is 2.62. The minimum Gasteiger partial charge on any atom is -0.331 e. The first-order chi connectivity index (χ1) is 10.5. The first-order valence-corrected chi connectivity index (χ1v) is 8.32. The third kappa shape index (κ3) is 2.55. The normalized spacial score (nSPS) is 24.2. The molecule has 3 amide bonds. The maximum atomic E-state index is 12.2. The minimum absolute atomic E-state index is 0.310. The summed E-state index contributed by atoms with van der Waals surface area (Å²) < 4.78 is 0. The molecule has 0 aromatic heterocycles. The second-order valence-corrected chi connectivity index (χ2v) is 6.34. The van der Waals surface area contributed by atoms with Crippen LogP contribution in [0.3, 0.4) is 0 Å². The number of urea groups is 1. The molecule has 3 rings (SSSR count). The highest BCUT2D eigenvalue weighted by Gasteiger charge is 2.48. The van der Waals surface area contributed by atoms with Gasteiger partial charge in [-0.25, -0.2) is 9.79 Å². The molecule has 22 heavy (non-hydrogen) atoms. The van der Waals surface area contributed by atoms with Gasteiger partial charge in [0, 0.05) is 18.6 Å². The van der Waals surface area contributed by atoms with Crippen LogP contribution in [-0.4, -0.2) is 52.4 Å². The van der Waals surface area contributed by atoms with Crippen molar-refractivity contribution in [3.05, 3.63) is 34.9 Å². The lowest BCUT2D eigenvalue weighted by Crippen LogP contribution is -2.63. The zero-order valence-electron chi connectivity index (χ0n) is 12.1. The molecule has 2 aliphatic rings. The van der Waals surface area contributed by atoms with E-state index in [9.17, 15) is 9.59 Å². The molecule has 0 spiro atoms. The lowest BCUT2D eigenvalue weighted by Gasteiger charge is -2.36. The number of aliphatic imine (C=N–C) groups is 1. The van der Waals surface area contributed by atoms with Crippen LogP contribution in [0.1, 0.15) is 5.56 Å². The van der Waals surface area contributed by atoms with E-state index in [1.165, 1.54) is 16.7 Å². The van der Waals surface area contributed by atoms with Crippen molar-refractivity contribution in [1.29, 1.82) is 0 Å². The number of thioether (sulfide) groups is 1. The summed E-state index contributed by atoms with van der Waals surface area (Å²) in [7, 11) is 1.65. The number of nitrogens with one attached hydrogen (secondary N) is 1. The zero-order valence-corrected chi connectivity index (χ0v) is 13.7. The van der Waals surface area contributed by atoms with Gasteiger partial charge in [0.2, 0.25) is 0 Å². The van der Waals surface area contributed by atoms with Crippen molar-refractivity contribution in [3.63, 3.8) is 0 Å². The molecule has 1 saturated heterocycles. The number of likely N-dealkylation sites (N-methyl/N-ethyl adjacent to an activating group) is 1. The van der Waals surface area contributed by atoms with Crippen LogP contribution in [0.4, 0.5) is 4.79 Å². The average molecular weight is 339 g/mol. The van der Waals surface area contributed by atoms with Crippen molar-refractivity contribution in [2.24, 2.45) is 4.99 Å². The SMILES string of the molecule is CSC1=NC2C(C(=O)NC(=O)N2C)N1Cc1ccc(Cl)cc1. The average Bonchev–Trinajstić information content (AvgIpc) is 2.86. The van der Waals surface area contributed by atoms with E-state index in [2.05, 4.69) is 10.3 Å². The van der Waals surface area contributed by atoms with Gasteiger partial charge in [-0.1, -0.05) is 35.5 Å². The van der Waals surface area contributed by atoms with Crippen LogP contribution in [0.25, 0.3) is 0 Å². The molecule has 2 aliphatic heterocycles. The Balaban J connectivity index is 1.89. The number of fused-ring (bicyclic) bond motifs is 1. The molecule has 0 saturated carbocycles. The van der Waals surface area contributed by atoms with Gasteiger partial charge in [0.15, 0.2) is 17.4 Å². The Morgan fingerprint density at radius 1 is 1.32 bits per heavy atom. The summed E-state index contributed by atoms with van der Waals surface area (Å²) in [6, 6.07) is 6.56. The van der Waals surface area contributed by atoms with Gasteiger partial charge in [0.05, 0.1) is 0 Å². The first kappa shape index (κ1) is 15.2. The van der Waals surface area contributed by atoms with Crippen LogP contribution in [-0.2, 0) is 11.3 Å². The van der Waals surface area contributed by atoms with Gasteiger partial charge in [0.1, 0.15) is 0 Å². The molecule has 0 bridgehead atoms. The predicted molar refractivity (Wildman–Crippen MR) is 86.8 cm³/mol. The van der Waals surface area contributed by atoms with Gasteiger partial charge in [-0.3, -0.25) is 10.1 Å². The number of benzene rings is 1. The van der Waals surface area contributed by atoms with Crippen molar-refractivity contribution in [1.82, 2.24) is 15.1 Å². The van der Waals surface area contributed by atoms with E-state index in [4.69, 9.17) is 11.6 Å². The molecular formula is C14H15ClN4O2S. The number of nitrogens with zero attached hydrogens (tertiary/aromatic N) is 3. The lowest BCUT2D eigenvalue weighted by atomic mass is 10.1. The minimum atomic E-state index is -0.499. The van der Waals surface area contributed by atoms with Crippen molar-refractivity contribution >= 4 is 40.5 Å². The van der Waals surface area contributed by atoms with Crippen molar-refractivity contribution in [3.8, 4) is 0 Å². The van der Waals surface area contributed by atoms with E-state index in [0.29, 0.717) is 11.6 Å². The predicted octanol–water partition coefficient (Wildman–Crippen LogP) is 1.75. The highest BCUT2D eigenvalue weighted by atomic mass is 35.5. The molecule has 2 atom stereocenters. The molecule has 0 aliphatic carbocycles. The topological polar surface area (TPSA) is 65.0 Å². The molecule has 1 N–H and O–H groups in total. The van der Waals surface area contributed by atoms with Crippen molar-refractivity contribution in [2.75, 3.05) is 13.3 Å². The number of hydrogen-bond acceptors (Lipinski definition) is 5. The number of carbonyl (C=O) groups excluding carboxylic acids is 2. The summed E-state index contributed by atoms with van der Waals surface area (Å²) in [5, 5.41) is 3.79. The highest BCUT2D eigenvalue weighted by Crippen LogP contribution is 2.29. The summed E-state index contributed by atoms with van der Waals surface area (Å²) in [6.45, 7) is 0.535. The number of rotatable bonds is 2. The molecule has 0 radical (unpaired) electrons. The van der Waals surface area contributed by atoms with E-state index in [1.54, 1.807) is 7.05 Å². The largest absolute Gasteiger partial charge is 0.331 e. The standard InChI is InChI=1S/C14H15ClN4O2S/c1-18-11-10(12(20)17-13(18)21)19(14(16-11)22-2)7-8-3-5-9(15)6-4-8/h3-6,10-11H,7H2,1-2H3,(H,17,20,21). The highest BCUT2D eigenvalue weighted by molar-refractivity contribution is 8.13. The molecular weight excluding hydrogens is 324 g/mol. The summed E-state index contributed by atoms with van der Waals surface area (Å²) in [4.78, 5) is 31.9. The van der Waals surface area contributed by atoms with Crippen LogP contribution >= 0.6 is 23.4 Å². The van der Waals surface area contributed by atoms with Crippen LogP contribution in [0, 0.1) is 0 Å². The number of hydrogen-bond donors (Lipinski definition) is 1. The van der Waals surface area contributed by atoms with Crippen LogP contribution < -0.4 is 5.32 Å². The Morgan fingerprint density at radius 2 is 2.00 bits per heavy atom. The quantitative estimate of drug-likeness (QED) is 0.892. The molecule has 2 heterocycles. The van der Waals surface area contributed by atoms with E-state index in [-0.39, 0.29) is 5.91 Å². The number of amidine groups is 1. The Kier molecular flexibility index (Phi) is 4.01. The van der Waals surface area contributed by atoms with E-state index in [1.807, 2.05) is 35.4 Å². The van der Waals surface area contributed by atoms with Gasteiger partial charge in [-0.05, 0) is 24.0 Å². The summed E-state index contributed by atoms with van der Waals surface area (Å²) in [6.07, 6.45) is 1.43. The van der Waals surface area contributed by atoms with Gasteiger partial charge in [-0.2, -0.15) is 0 Å². The zero-order chi connectivity index (χ0) is 15.9. The van der Waals surface area contributed by atoms with Gasteiger partial charge >= 0.3 is 6.03 Å². The molecule has 1 fully saturated rings. The molecule has 1 aromatic rings. The molecule has 116 valence electrons. The third-order valence-corrected chi connectivity index (χ3v) is 4.73. The number of carbonyl (C=O) groups is 2. The fraction of sp³-hybridized carbons (Fsp3) is 0.357. The van der Waals surface area contributed by atoms with Gasteiger partial charge < -0.3 is 9.80 Å². The van der Waals surface area contributed by atoms with Crippen molar-refractivity contribution < 1.29 is 9.59 Å². The number of amides is 3. The van der Waals surface area contributed by atoms with Crippen molar-refractivity contribution in [2.45, 2.75) is 18.8 Å². The Hall–Kier alpha value is -1.73. The fourth-order valence-corrected chi connectivity index (χ4v) is 3.38. The second kappa shape index (κ2) is 5.81. The van der Waals surface area contributed by atoms with Gasteiger partial charge in [-0.15, -0.1) is 0 Å². The Bertz CT molecular complexity index is 649. The number of halogens is 1. The van der Waals surface area contributed by atoms with Crippen LogP contribution in [0.15, 0.2) is 29.3 Å². The van der Waals surface area contributed by atoms with E-state index in [0.717, 1.165) is 10.7 Å². The van der Waals surface area contributed by atoms with Crippen LogP contribution in [0.2, 0.25) is 5.02 Å². The smallest absolute Gasteiger partial charge is 0.325 e. The molecule has 1 aromatic carbocycles. The maximum absolute atomic E-state index is 12.2.